The number of pyridine rings is 2. The molecule has 0 spiro atoms. The van der Waals surface area contributed by atoms with Gasteiger partial charge in [-0.15, -0.1) is 0 Å². The van der Waals surface area contributed by atoms with E-state index < -0.39 is 24.0 Å². The Kier molecular flexibility index (Phi) is 4.72. The van der Waals surface area contributed by atoms with Crippen molar-refractivity contribution in [1.82, 2.24) is 15.3 Å². The van der Waals surface area contributed by atoms with Crippen molar-refractivity contribution in [3.8, 4) is 0 Å². The molecule has 0 aliphatic carbocycles. The molecule has 2 aromatic heterocycles. The lowest BCUT2D eigenvalue weighted by Crippen LogP contribution is -2.44. The van der Waals surface area contributed by atoms with Crippen LogP contribution in [0.1, 0.15) is 5.56 Å². The third-order valence-electron chi connectivity index (χ3n) is 5.60. The summed E-state index contributed by atoms with van der Waals surface area (Å²) in [6.07, 6.45) is 8.03. The van der Waals surface area contributed by atoms with Gasteiger partial charge in [0.2, 0.25) is 11.8 Å². The van der Waals surface area contributed by atoms with Gasteiger partial charge in [0.05, 0.1) is 35.2 Å². The Morgan fingerprint density at radius 2 is 1.73 bits per heavy atom. The van der Waals surface area contributed by atoms with E-state index in [9.17, 15) is 9.59 Å². The Morgan fingerprint density at radius 3 is 2.53 bits per heavy atom. The van der Waals surface area contributed by atoms with E-state index in [1.54, 1.807) is 18.6 Å². The molecule has 7 nitrogen and oxygen atoms in total. The fourth-order valence-electron chi connectivity index (χ4n) is 4.17. The highest BCUT2D eigenvalue weighted by Gasteiger charge is 2.52. The lowest BCUT2D eigenvalue weighted by atomic mass is 9.81. The van der Waals surface area contributed by atoms with Crippen molar-refractivity contribution in [2.75, 3.05) is 5.32 Å². The molecule has 2 aliphatic rings. The molecule has 4 atom stereocenters. The van der Waals surface area contributed by atoms with Crippen molar-refractivity contribution in [1.29, 1.82) is 0 Å². The zero-order chi connectivity index (χ0) is 20.5. The molecule has 150 valence electrons. The topological polar surface area (TPSA) is 93.2 Å². The summed E-state index contributed by atoms with van der Waals surface area (Å²) in [5.74, 6) is -1.61. The molecule has 1 fully saturated rings. The molecular weight excluding hydrogens is 380 g/mol. The van der Waals surface area contributed by atoms with Gasteiger partial charge in [-0.05, 0) is 35.9 Å². The molecule has 4 unspecified atom stereocenters. The fraction of sp³-hybridized carbons (Fsp3) is 0.217. The summed E-state index contributed by atoms with van der Waals surface area (Å²) in [4.78, 5) is 34.5. The lowest BCUT2D eigenvalue weighted by molar-refractivity contribution is -0.131. The maximum absolute atomic E-state index is 13.2. The van der Waals surface area contributed by atoms with E-state index in [4.69, 9.17) is 4.74 Å². The number of benzene rings is 1. The first-order valence-corrected chi connectivity index (χ1v) is 9.86. The third-order valence-corrected chi connectivity index (χ3v) is 5.60. The summed E-state index contributed by atoms with van der Waals surface area (Å²) < 4.78 is 5.86. The number of ether oxygens (including phenoxy) is 1. The van der Waals surface area contributed by atoms with Crippen LogP contribution in [-0.4, -0.2) is 34.0 Å². The van der Waals surface area contributed by atoms with E-state index in [-0.39, 0.29) is 11.8 Å². The number of fused-ring (bicyclic) bond motifs is 3. The number of nitrogens with one attached hydrogen (secondary N) is 2. The highest BCUT2D eigenvalue weighted by atomic mass is 16.5. The van der Waals surface area contributed by atoms with Gasteiger partial charge >= 0.3 is 0 Å². The van der Waals surface area contributed by atoms with Crippen LogP contribution < -0.4 is 10.6 Å². The van der Waals surface area contributed by atoms with Gasteiger partial charge in [-0.3, -0.25) is 19.6 Å². The Hall–Kier alpha value is -3.58. The Morgan fingerprint density at radius 1 is 0.933 bits per heavy atom. The number of anilines is 1. The van der Waals surface area contributed by atoms with E-state index in [1.165, 1.54) is 0 Å². The molecule has 2 aliphatic heterocycles. The van der Waals surface area contributed by atoms with Crippen molar-refractivity contribution in [2.45, 2.75) is 18.8 Å². The van der Waals surface area contributed by atoms with Crippen molar-refractivity contribution in [2.24, 2.45) is 11.8 Å². The van der Waals surface area contributed by atoms with Crippen molar-refractivity contribution in [3.05, 3.63) is 78.8 Å². The minimum Gasteiger partial charge on any atom is -0.365 e. The van der Waals surface area contributed by atoms with Crippen LogP contribution in [0.2, 0.25) is 0 Å². The van der Waals surface area contributed by atoms with Crippen LogP contribution in [0.25, 0.3) is 10.9 Å². The molecular formula is C23H20N4O3. The smallest absolute Gasteiger partial charge is 0.231 e. The summed E-state index contributed by atoms with van der Waals surface area (Å²) in [6, 6.07) is 13.0. The molecule has 2 bridgehead atoms. The number of nitrogens with zero attached hydrogens (tertiary/aromatic N) is 2. The Balaban J connectivity index is 1.35. The quantitative estimate of drug-likeness (QED) is 0.642. The SMILES string of the molecule is O=C(NCc1cccnc1)C1C2C=CC(O2)C1C(=O)Nc1cccc2ncccc12. The van der Waals surface area contributed by atoms with Crippen LogP contribution in [0.15, 0.2) is 73.2 Å². The number of hydrogen-bond acceptors (Lipinski definition) is 5. The van der Waals surface area contributed by atoms with Gasteiger partial charge in [-0.25, -0.2) is 0 Å². The molecule has 2 N–H and O–H groups in total. The van der Waals surface area contributed by atoms with Gasteiger partial charge in [-0.1, -0.05) is 24.3 Å². The van der Waals surface area contributed by atoms with Gasteiger partial charge in [-0.2, -0.15) is 0 Å². The molecule has 7 heteroatoms. The monoisotopic (exact) mass is 400 g/mol. The average molecular weight is 400 g/mol. The van der Waals surface area contributed by atoms with Crippen LogP contribution in [0.5, 0.6) is 0 Å². The average Bonchev–Trinajstić information content (AvgIpc) is 3.40. The van der Waals surface area contributed by atoms with Gasteiger partial charge in [0.1, 0.15) is 0 Å². The second-order valence-corrected chi connectivity index (χ2v) is 7.45. The van der Waals surface area contributed by atoms with E-state index in [0.29, 0.717) is 12.2 Å². The minimum absolute atomic E-state index is 0.199. The molecule has 1 saturated heterocycles. The van der Waals surface area contributed by atoms with E-state index in [1.807, 2.05) is 54.6 Å². The zero-order valence-corrected chi connectivity index (χ0v) is 16.1. The Bertz CT molecular complexity index is 1130. The maximum atomic E-state index is 13.2. The van der Waals surface area contributed by atoms with E-state index in [2.05, 4.69) is 20.6 Å². The standard InChI is InChI=1S/C23H20N4O3/c28-22(26-13-14-4-2-10-24-12-14)20-18-8-9-19(30-18)21(20)23(29)27-17-7-1-6-16-15(17)5-3-11-25-16/h1-12,18-21H,13H2,(H,26,28)(H,27,29). The highest BCUT2D eigenvalue weighted by Crippen LogP contribution is 2.40. The molecule has 0 saturated carbocycles. The summed E-state index contributed by atoms with van der Waals surface area (Å²) >= 11 is 0. The predicted octanol–water partition coefficient (Wildman–Crippen LogP) is 2.45. The van der Waals surface area contributed by atoms with E-state index in [0.717, 1.165) is 16.5 Å². The van der Waals surface area contributed by atoms with Gasteiger partial charge < -0.3 is 15.4 Å². The molecule has 3 aromatic rings. The molecule has 0 radical (unpaired) electrons. The lowest BCUT2D eigenvalue weighted by Gasteiger charge is -2.24. The molecule has 4 heterocycles. The van der Waals surface area contributed by atoms with Crippen LogP contribution in [0.3, 0.4) is 0 Å². The van der Waals surface area contributed by atoms with Gasteiger partial charge in [0.15, 0.2) is 0 Å². The van der Waals surface area contributed by atoms with Gasteiger partial charge in [0, 0.05) is 30.5 Å². The molecule has 1 aromatic carbocycles. The number of carbonyl (C=O) groups excluding carboxylic acids is 2. The normalized spacial score (nSPS) is 24.1. The summed E-state index contributed by atoms with van der Waals surface area (Å²) in [5.41, 5.74) is 2.37. The minimum atomic E-state index is -0.596. The molecule has 5 rings (SSSR count). The second kappa shape index (κ2) is 7.68. The highest BCUT2D eigenvalue weighted by molar-refractivity contribution is 6.03. The zero-order valence-electron chi connectivity index (χ0n) is 16.1. The van der Waals surface area contributed by atoms with Crippen LogP contribution in [0, 0.1) is 11.8 Å². The van der Waals surface area contributed by atoms with Crippen LogP contribution in [-0.2, 0) is 20.9 Å². The first-order chi connectivity index (χ1) is 14.7. The van der Waals surface area contributed by atoms with Crippen molar-refractivity contribution < 1.29 is 14.3 Å². The number of rotatable bonds is 5. The maximum Gasteiger partial charge on any atom is 0.231 e. The Labute approximate surface area is 173 Å². The summed E-state index contributed by atoms with van der Waals surface area (Å²) in [6.45, 7) is 0.355. The summed E-state index contributed by atoms with van der Waals surface area (Å²) in [5, 5.41) is 6.76. The molecule has 2 amide bonds. The predicted molar refractivity (Wildman–Crippen MR) is 111 cm³/mol. The largest absolute Gasteiger partial charge is 0.365 e. The van der Waals surface area contributed by atoms with Crippen LogP contribution >= 0.6 is 0 Å². The van der Waals surface area contributed by atoms with Crippen molar-refractivity contribution in [3.63, 3.8) is 0 Å². The number of carbonyl (C=O) groups is 2. The van der Waals surface area contributed by atoms with Crippen molar-refractivity contribution >= 4 is 28.4 Å². The number of hydrogen-bond donors (Lipinski definition) is 2. The summed E-state index contributed by atoms with van der Waals surface area (Å²) in [7, 11) is 0. The van der Waals surface area contributed by atoms with Crippen LogP contribution in [0.4, 0.5) is 5.69 Å². The second-order valence-electron chi connectivity index (χ2n) is 7.45. The molecule has 30 heavy (non-hydrogen) atoms. The van der Waals surface area contributed by atoms with E-state index >= 15 is 0 Å². The van der Waals surface area contributed by atoms with Gasteiger partial charge in [0.25, 0.3) is 0 Å². The first kappa shape index (κ1) is 18.4. The fourth-order valence-corrected chi connectivity index (χ4v) is 4.17. The first-order valence-electron chi connectivity index (χ1n) is 9.86. The number of amides is 2. The number of aromatic nitrogens is 2. The third kappa shape index (κ3) is 3.33.